The number of ether oxygens (including phenoxy) is 2. The average Bonchev–Trinajstić information content (AvgIpc) is 3.01. The molecule has 1 aromatic carbocycles. The molecular formula is C17H25N3O2S. The molecule has 0 atom stereocenters. The van der Waals surface area contributed by atoms with Gasteiger partial charge in [0.2, 0.25) is 6.79 Å². The number of fused-ring (bicyclic) bond motifs is 1. The monoisotopic (exact) mass is 335 g/mol. The van der Waals surface area contributed by atoms with Crippen LogP contribution in [0.2, 0.25) is 0 Å². The Kier molecular flexibility index (Phi) is 5.56. The molecule has 126 valence electrons. The lowest BCUT2D eigenvalue weighted by Crippen LogP contribution is -2.36. The molecule has 0 radical (unpaired) electrons. The Bertz CT molecular complexity index is 545. The molecule has 6 heteroatoms. The number of likely N-dealkylation sites (tertiary alicyclic amines) is 1. The number of rotatable bonds is 5. The van der Waals surface area contributed by atoms with Crippen molar-refractivity contribution in [2.24, 2.45) is 5.92 Å². The number of nitrogens with zero attached hydrogens (tertiary/aromatic N) is 1. The van der Waals surface area contributed by atoms with Crippen LogP contribution in [0.25, 0.3) is 0 Å². The zero-order valence-electron chi connectivity index (χ0n) is 13.6. The molecule has 0 aromatic heterocycles. The van der Waals surface area contributed by atoms with Gasteiger partial charge in [0.25, 0.3) is 0 Å². The Morgan fingerprint density at radius 2 is 2.04 bits per heavy atom. The summed E-state index contributed by atoms with van der Waals surface area (Å²) >= 11 is 5.34. The molecule has 2 heterocycles. The van der Waals surface area contributed by atoms with Gasteiger partial charge in [-0.15, -0.1) is 0 Å². The summed E-state index contributed by atoms with van der Waals surface area (Å²) in [5, 5.41) is 7.11. The Labute approximate surface area is 143 Å². The van der Waals surface area contributed by atoms with E-state index in [4.69, 9.17) is 21.7 Å². The number of benzene rings is 1. The van der Waals surface area contributed by atoms with Crippen molar-refractivity contribution in [2.75, 3.05) is 38.3 Å². The van der Waals surface area contributed by atoms with E-state index in [0.717, 1.165) is 42.6 Å². The van der Waals surface area contributed by atoms with Crippen molar-refractivity contribution < 1.29 is 9.47 Å². The van der Waals surface area contributed by atoms with Gasteiger partial charge in [-0.25, -0.2) is 0 Å². The van der Waals surface area contributed by atoms with Crippen LogP contribution in [0, 0.1) is 5.92 Å². The summed E-state index contributed by atoms with van der Waals surface area (Å²) in [6.07, 6.45) is 3.77. The fourth-order valence-electron chi connectivity index (χ4n) is 2.94. The maximum Gasteiger partial charge on any atom is 0.231 e. The Balaban J connectivity index is 1.33. The summed E-state index contributed by atoms with van der Waals surface area (Å²) in [4.78, 5) is 2.55. The minimum atomic E-state index is 0.288. The number of nitrogens with one attached hydrogen (secondary N) is 2. The molecule has 0 aliphatic carbocycles. The maximum atomic E-state index is 5.36. The highest BCUT2D eigenvalue weighted by Gasteiger charge is 2.15. The first kappa shape index (κ1) is 16.3. The predicted octanol–water partition coefficient (Wildman–Crippen LogP) is 2.82. The summed E-state index contributed by atoms with van der Waals surface area (Å²) < 4.78 is 10.7. The Morgan fingerprint density at radius 3 is 2.87 bits per heavy atom. The molecule has 1 saturated heterocycles. The first-order valence-electron chi connectivity index (χ1n) is 8.37. The summed E-state index contributed by atoms with van der Waals surface area (Å²) in [6, 6.07) is 5.74. The van der Waals surface area contributed by atoms with E-state index >= 15 is 0 Å². The van der Waals surface area contributed by atoms with Gasteiger partial charge < -0.3 is 25.0 Å². The van der Waals surface area contributed by atoms with Crippen molar-refractivity contribution in [3.8, 4) is 11.5 Å². The normalized spacial score (nSPS) is 18.0. The van der Waals surface area contributed by atoms with Crippen LogP contribution in [-0.2, 0) is 0 Å². The lowest BCUT2D eigenvalue weighted by atomic mass is 9.99. The van der Waals surface area contributed by atoms with Gasteiger partial charge in [0, 0.05) is 18.3 Å². The standard InChI is InChI=1S/C17H25N3O2S/c1-13-5-9-20(10-6-13)8-2-7-18-17(23)19-14-3-4-15-16(11-14)22-12-21-15/h3-4,11,13H,2,5-10,12H2,1H3,(H2,18,19,23). The van der Waals surface area contributed by atoms with Crippen LogP contribution in [-0.4, -0.2) is 43.0 Å². The summed E-state index contributed by atoms with van der Waals surface area (Å²) in [6.45, 7) is 7.15. The molecular weight excluding hydrogens is 310 g/mol. The van der Waals surface area contributed by atoms with E-state index < -0.39 is 0 Å². The molecule has 1 fully saturated rings. The third-order valence-electron chi connectivity index (χ3n) is 4.44. The number of piperidine rings is 1. The van der Waals surface area contributed by atoms with Gasteiger partial charge in [-0.1, -0.05) is 6.92 Å². The molecule has 0 amide bonds. The number of hydrogen-bond donors (Lipinski definition) is 2. The van der Waals surface area contributed by atoms with Crippen LogP contribution in [0.3, 0.4) is 0 Å². The van der Waals surface area contributed by atoms with Crippen molar-refractivity contribution in [3.05, 3.63) is 18.2 Å². The molecule has 0 unspecified atom stereocenters. The van der Waals surface area contributed by atoms with E-state index in [0.29, 0.717) is 5.11 Å². The van der Waals surface area contributed by atoms with Crippen LogP contribution in [0.5, 0.6) is 11.5 Å². The van der Waals surface area contributed by atoms with Crippen LogP contribution >= 0.6 is 12.2 Å². The second-order valence-corrected chi connectivity index (χ2v) is 6.73. The molecule has 2 N–H and O–H groups in total. The minimum absolute atomic E-state index is 0.288. The van der Waals surface area contributed by atoms with E-state index in [2.05, 4.69) is 22.5 Å². The van der Waals surface area contributed by atoms with E-state index in [-0.39, 0.29) is 6.79 Å². The molecule has 1 aromatic rings. The van der Waals surface area contributed by atoms with E-state index in [1.165, 1.54) is 25.9 Å². The van der Waals surface area contributed by atoms with Gasteiger partial charge in [-0.3, -0.25) is 0 Å². The number of hydrogen-bond acceptors (Lipinski definition) is 4. The van der Waals surface area contributed by atoms with Crippen molar-refractivity contribution in [2.45, 2.75) is 26.2 Å². The second-order valence-electron chi connectivity index (χ2n) is 6.33. The number of thiocarbonyl (C=S) groups is 1. The first-order chi connectivity index (χ1) is 11.2. The second kappa shape index (κ2) is 7.84. The zero-order chi connectivity index (χ0) is 16.1. The Hall–Kier alpha value is -1.53. The number of anilines is 1. The van der Waals surface area contributed by atoms with Gasteiger partial charge in [0.05, 0.1) is 0 Å². The van der Waals surface area contributed by atoms with E-state index in [1.54, 1.807) is 0 Å². The van der Waals surface area contributed by atoms with Crippen molar-refractivity contribution in [3.63, 3.8) is 0 Å². The predicted molar refractivity (Wildman–Crippen MR) is 96.2 cm³/mol. The van der Waals surface area contributed by atoms with Gasteiger partial charge in [-0.05, 0) is 69.2 Å². The SMILES string of the molecule is CC1CCN(CCCNC(=S)Nc2ccc3c(c2)OCO3)CC1. The van der Waals surface area contributed by atoms with Gasteiger partial charge >= 0.3 is 0 Å². The Morgan fingerprint density at radius 1 is 1.26 bits per heavy atom. The molecule has 0 spiro atoms. The molecule has 0 bridgehead atoms. The van der Waals surface area contributed by atoms with Gasteiger partial charge in [0.15, 0.2) is 16.6 Å². The highest BCUT2D eigenvalue weighted by Crippen LogP contribution is 2.34. The van der Waals surface area contributed by atoms with Crippen molar-refractivity contribution in [1.82, 2.24) is 10.2 Å². The molecule has 2 aliphatic heterocycles. The summed E-state index contributed by atoms with van der Waals surface area (Å²) in [7, 11) is 0. The quantitative estimate of drug-likeness (QED) is 0.637. The first-order valence-corrected chi connectivity index (χ1v) is 8.78. The fraction of sp³-hybridized carbons (Fsp3) is 0.588. The van der Waals surface area contributed by atoms with Gasteiger partial charge in [0.1, 0.15) is 0 Å². The molecule has 0 saturated carbocycles. The highest BCUT2D eigenvalue weighted by molar-refractivity contribution is 7.80. The van der Waals surface area contributed by atoms with E-state index in [1.807, 2.05) is 18.2 Å². The lowest BCUT2D eigenvalue weighted by Gasteiger charge is -2.30. The summed E-state index contributed by atoms with van der Waals surface area (Å²) in [5.41, 5.74) is 0.914. The molecule has 3 rings (SSSR count). The molecule has 23 heavy (non-hydrogen) atoms. The molecule has 5 nitrogen and oxygen atoms in total. The average molecular weight is 335 g/mol. The summed E-state index contributed by atoms with van der Waals surface area (Å²) in [5.74, 6) is 2.44. The van der Waals surface area contributed by atoms with Crippen LogP contribution in [0.15, 0.2) is 18.2 Å². The third kappa shape index (κ3) is 4.72. The van der Waals surface area contributed by atoms with E-state index in [9.17, 15) is 0 Å². The van der Waals surface area contributed by atoms with Crippen molar-refractivity contribution >= 4 is 23.0 Å². The van der Waals surface area contributed by atoms with Crippen molar-refractivity contribution in [1.29, 1.82) is 0 Å². The van der Waals surface area contributed by atoms with Gasteiger partial charge in [-0.2, -0.15) is 0 Å². The molecule has 2 aliphatic rings. The van der Waals surface area contributed by atoms with Crippen LogP contribution in [0.1, 0.15) is 26.2 Å². The largest absolute Gasteiger partial charge is 0.454 e. The van der Waals surface area contributed by atoms with Crippen LogP contribution in [0.4, 0.5) is 5.69 Å². The lowest BCUT2D eigenvalue weighted by molar-refractivity contribution is 0.174. The highest BCUT2D eigenvalue weighted by atomic mass is 32.1. The van der Waals surface area contributed by atoms with Crippen LogP contribution < -0.4 is 20.1 Å². The fourth-order valence-corrected chi connectivity index (χ4v) is 3.16. The zero-order valence-corrected chi connectivity index (χ0v) is 14.5. The topological polar surface area (TPSA) is 45.8 Å². The minimum Gasteiger partial charge on any atom is -0.454 e. The third-order valence-corrected chi connectivity index (χ3v) is 4.69. The smallest absolute Gasteiger partial charge is 0.231 e. The maximum absolute atomic E-state index is 5.36.